The van der Waals surface area contributed by atoms with Crippen LogP contribution < -0.4 is 4.90 Å². The SMILES string of the molecule is c1ccc(-c2ccc(N(c3ccccc3-c3cccc4c3-c3ccccc3C43c4ccccc4-c4ccccc43)c3ccc4c5c(cccc35)-c3ccccc3-4)c(-c3ccccc3)c2)cc1. The predicted octanol–water partition coefficient (Wildman–Crippen LogP) is 17.3. The Morgan fingerprint density at radius 2 is 0.712 bits per heavy atom. The molecule has 0 amide bonds. The summed E-state index contributed by atoms with van der Waals surface area (Å²) in [6, 6.07) is 92.7. The number of anilines is 3. The summed E-state index contributed by atoms with van der Waals surface area (Å²) in [5.41, 5.74) is 25.8. The van der Waals surface area contributed by atoms with Crippen molar-refractivity contribution in [3.63, 3.8) is 0 Å². The molecule has 0 fully saturated rings. The second-order valence-corrected chi connectivity index (χ2v) is 17.8. The van der Waals surface area contributed by atoms with E-state index in [4.69, 9.17) is 0 Å². The zero-order valence-electron chi connectivity index (χ0n) is 36.1. The summed E-state index contributed by atoms with van der Waals surface area (Å²) in [4.78, 5) is 2.56. The topological polar surface area (TPSA) is 3.24 Å². The molecule has 3 aliphatic rings. The minimum absolute atomic E-state index is 0.440. The average molecular weight is 836 g/mol. The molecule has 0 atom stereocenters. The standard InChI is InChI=1S/C65H41N/c1-3-19-42(20-4-1)44-37-39-62(55(41-44)43-21-5-2-6-22-43)66(61-40-38-52-46-24-8-7-23-45(46)50-29-17-31-54(61)63(50)52)60-36-16-12-27-49(60)51-30-18-35-59-64(51)53-28-11-15-34-58(53)65(59)56-32-13-9-25-47(56)48-26-10-14-33-57(48)65/h1-41H. The summed E-state index contributed by atoms with van der Waals surface area (Å²) in [6.07, 6.45) is 0. The van der Waals surface area contributed by atoms with E-state index in [1.54, 1.807) is 0 Å². The Morgan fingerprint density at radius 3 is 1.41 bits per heavy atom. The average Bonchev–Trinajstić information content (AvgIpc) is 4.00. The molecule has 0 saturated heterocycles. The van der Waals surface area contributed by atoms with Crippen molar-refractivity contribution in [2.45, 2.75) is 5.41 Å². The van der Waals surface area contributed by atoms with Crippen LogP contribution in [0.4, 0.5) is 17.1 Å². The van der Waals surface area contributed by atoms with Crippen LogP contribution in [0.3, 0.4) is 0 Å². The van der Waals surface area contributed by atoms with Crippen LogP contribution in [-0.4, -0.2) is 0 Å². The zero-order valence-corrected chi connectivity index (χ0v) is 36.1. The van der Waals surface area contributed by atoms with E-state index in [1.165, 1.54) is 111 Å². The molecule has 1 spiro atoms. The minimum atomic E-state index is -0.440. The quantitative estimate of drug-likeness (QED) is 0.161. The summed E-state index contributed by atoms with van der Waals surface area (Å²) in [6.45, 7) is 0. The van der Waals surface area contributed by atoms with Crippen LogP contribution in [-0.2, 0) is 5.41 Å². The fourth-order valence-electron chi connectivity index (χ4n) is 12.0. The Labute approximate surface area is 385 Å². The fraction of sp³-hybridized carbons (Fsp3) is 0.0154. The zero-order chi connectivity index (χ0) is 43.3. The van der Waals surface area contributed by atoms with Crippen LogP contribution >= 0.6 is 0 Å². The first kappa shape index (κ1) is 36.9. The number of para-hydroxylation sites is 1. The summed E-state index contributed by atoms with van der Waals surface area (Å²) in [5, 5.41) is 2.53. The first-order valence-electron chi connectivity index (χ1n) is 23.0. The summed E-state index contributed by atoms with van der Waals surface area (Å²) >= 11 is 0. The number of hydrogen-bond donors (Lipinski definition) is 0. The smallest absolute Gasteiger partial charge is 0.0725 e. The molecule has 0 heterocycles. The van der Waals surface area contributed by atoms with Gasteiger partial charge in [0.25, 0.3) is 0 Å². The molecule has 0 radical (unpaired) electrons. The van der Waals surface area contributed by atoms with Crippen LogP contribution in [0.25, 0.3) is 88.7 Å². The third kappa shape index (κ3) is 5.06. The highest BCUT2D eigenvalue weighted by molar-refractivity contribution is 6.20. The summed E-state index contributed by atoms with van der Waals surface area (Å²) < 4.78 is 0. The summed E-state index contributed by atoms with van der Waals surface area (Å²) in [5.74, 6) is 0. The van der Waals surface area contributed by atoms with E-state index >= 15 is 0 Å². The van der Waals surface area contributed by atoms with Gasteiger partial charge in [-0.25, -0.2) is 0 Å². The van der Waals surface area contributed by atoms with Crippen molar-refractivity contribution in [2.24, 2.45) is 0 Å². The second-order valence-electron chi connectivity index (χ2n) is 17.8. The lowest BCUT2D eigenvalue weighted by molar-refractivity contribution is 0.794. The highest BCUT2D eigenvalue weighted by atomic mass is 15.1. The number of hydrogen-bond acceptors (Lipinski definition) is 1. The van der Waals surface area contributed by atoms with E-state index < -0.39 is 5.41 Å². The van der Waals surface area contributed by atoms with E-state index in [-0.39, 0.29) is 0 Å². The molecule has 0 saturated carbocycles. The molecule has 3 aliphatic carbocycles. The van der Waals surface area contributed by atoms with Gasteiger partial charge in [-0.1, -0.05) is 224 Å². The molecule has 66 heavy (non-hydrogen) atoms. The predicted molar refractivity (Wildman–Crippen MR) is 276 cm³/mol. The number of fused-ring (bicyclic) bond motifs is 13. The maximum atomic E-state index is 2.56. The Bertz CT molecular complexity index is 3690. The van der Waals surface area contributed by atoms with Gasteiger partial charge in [0.15, 0.2) is 0 Å². The molecule has 306 valence electrons. The first-order valence-corrected chi connectivity index (χ1v) is 23.0. The van der Waals surface area contributed by atoms with Crippen LogP contribution in [0, 0.1) is 0 Å². The third-order valence-electron chi connectivity index (χ3n) is 14.7. The molecule has 11 aromatic rings. The van der Waals surface area contributed by atoms with Gasteiger partial charge >= 0.3 is 0 Å². The van der Waals surface area contributed by atoms with Gasteiger partial charge in [-0.05, 0) is 119 Å². The lowest BCUT2D eigenvalue weighted by Gasteiger charge is -2.32. The van der Waals surface area contributed by atoms with Crippen LogP contribution in [0.1, 0.15) is 22.3 Å². The second kappa shape index (κ2) is 14.2. The number of benzene rings is 11. The maximum Gasteiger partial charge on any atom is 0.0725 e. The van der Waals surface area contributed by atoms with Gasteiger partial charge in [0.2, 0.25) is 0 Å². The third-order valence-corrected chi connectivity index (χ3v) is 14.7. The Morgan fingerprint density at radius 1 is 0.242 bits per heavy atom. The molecule has 0 bridgehead atoms. The van der Waals surface area contributed by atoms with Gasteiger partial charge < -0.3 is 4.90 Å². The van der Waals surface area contributed by atoms with E-state index in [2.05, 4.69) is 254 Å². The van der Waals surface area contributed by atoms with Crippen molar-refractivity contribution in [1.29, 1.82) is 0 Å². The Hall–Kier alpha value is -8.52. The maximum absolute atomic E-state index is 2.56. The minimum Gasteiger partial charge on any atom is -0.309 e. The van der Waals surface area contributed by atoms with Crippen LogP contribution in [0.2, 0.25) is 0 Å². The monoisotopic (exact) mass is 835 g/mol. The molecule has 0 aromatic heterocycles. The molecule has 0 unspecified atom stereocenters. The van der Waals surface area contributed by atoms with Crippen molar-refractivity contribution < 1.29 is 0 Å². The lowest BCUT2D eigenvalue weighted by Crippen LogP contribution is -2.25. The largest absolute Gasteiger partial charge is 0.309 e. The highest BCUT2D eigenvalue weighted by Gasteiger charge is 2.52. The van der Waals surface area contributed by atoms with Gasteiger partial charge in [-0.15, -0.1) is 0 Å². The number of nitrogens with zero attached hydrogens (tertiary/aromatic N) is 1. The highest BCUT2D eigenvalue weighted by Crippen LogP contribution is 2.64. The van der Waals surface area contributed by atoms with Gasteiger partial charge in [-0.3, -0.25) is 0 Å². The first-order chi connectivity index (χ1) is 32.8. The van der Waals surface area contributed by atoms with Crippen molar-refractivity contribution in [1.82, 2.24) is 0 Å². The van der Waals surface area contributed by atoms with E-state index in [0.29, 0.717) is 0 Å². The van der Waals surface area contributed by atoms with Crippen molar-refractivity contribution >= 4 is 27.8 Å². The Kier molecular flexibility index (Phi) is 7.97. The number of rotatable bonds is 6. The van der Waals surface area contributed by atoms with E-state index in [9.17, 15) is 0 Å². The van der Waals surface area contributed by atoms with Gasteiger partial charge in [0.05, 0.1) is 22.5 Å². The molecule has 14 rings (SSSR count). The Balaban J connectivity index is 1.07. The van der Waals surface area contributed by atoms with Crippen LogP contribution in [0.5, 0.6) is 0 Å². The molecule has 0 aliphatic heterocycles. The van der Waals surface area contributed by atoms with Crippen molar-refractivity contribution in [2.75, 3.05) is 4.90 Å². The van der Waals surface area contributed by atoms with Gasteiger partial charge in [0.1, 0.15) is 0 Å². The van der Waals surface area contributed by atoms with Crippen molar-refractivity contribution in [3.8, 4) is 77.9 Å². The molecule has 1 heteroatoms. The lowest BCUT2D eigenvalue weighted by atomic mass is 9.70. The van der Waals surface area contributed by atoms with Crippen molar-refractivity contribution in [3.05, 3.63) is 271 Å². The molecule has 1 nitrogen and oxygen atoms in total. The van der Waals surface area contributed by atoms with E-state index in [0.717, 1.165) is 17.1 Å². The molecule has 11 aromatic carbocycles. The molecule has 0 N–H and O–H groups in total. The normalized spacial score (nSPS) is 13.0. The fourth-order valence-corrected chi connectivity index (χ4v) is 12.0. The van der Waals surface area contributed by atoms with Crippen LogP contribution in [0.15, 0.2) is 249 Å². The summed E-state index contributed by atoms with van der Waals surface area (Å²) in [7, 11) is 0. The van der Waals surface area contributed by atoms with E-state index in [1.807, 2.05) is 0 Å². The molecular weight excluding hydrogens is 795 g/mol. The molecular formula is C65H41N. The van der Waals surface area contributed by atoms with Gasteiger partial charge in [0, 0.05) is 16.5 Å². The van der Waals surface area contributed by atoms with Gasteiger partial charge in [-0.2, -0.15) is 0 Å².